The van der Waals surface area contributed by atoms with Gasteiger partial charge in [0.1, 0.15) is 12.1 Å². The summed E-state index contributed by atoms with van der Waals surface area (Å²) in [6, 6.07) is 19.6. The fraction of sp³-hybridized carbons (Fsp3) is 0.261. The maximum Gasteiger partial charge on any atom is 0.254 e. The SMILES string of the molecule is Cc1nc2ncnn2c(NC2CCCc3ccccc32)c1Cc1ccccc1. The molecule has 5 heteroatoms. The number of nitrogens with zero attached hydrogens (tertiary/aromatic N) is 4. The summed E-state index contributed by atoms with van der Waals surface area (Å²) in [5, 5.41) is 8.28. The van der Waals surface area contributed by atoms with E-state index >= 15 is 0 Å². The minimum Gasteiger partial charge on any atom is -0.363 e. The predicted molar refractivity (Wildman–Crippen MR) is 111 cm³/mol. The van der Waals surface area contributed by atoms with Crippen LogP contribution in [-0.2, 0) is 12.8 Å². The number of benzene rings is 2. The molecule has 2 aromatic heterocycles. The Morgan fingerprint density at radius 3 is 2.79 bits per heavy atom. The molecule has 0 bridgehead atoms. The van der Waals surface area contributed by atoms with Crippen LogP contribution in [0.1, 0.15) is 46.8 Å². The van der Waals surface area contributed by atoms with E-state index in [-0.39, 0.29) is 6.04 Å². The fourth-order valence-corrected chi connectivity index (χ4v) is 4.21. The monoisotopic (exact) mass is 369 g/mol. The van der Waals surface area contributed by atoms with Crippen molar-refractivity contribution in [3.63, 3.8) is 0 Å². The third kappa shape index (κ3) is 3.03. The van der Waals surface area contributed by atoms with Gasteiger partial charge in [0.25, 0.3) is 5.78 Å². The number of nitrogens with one attached hydrogen (secondary N) is 1. The number of hydrogen-bond acceptors (Lipinski definition) is 4. The number of anilines is 1. The molecule has 2 heterocycles. The van der Waals surface area contributed by atoms with E-state index in [1.54, 1.807) is 6.33 Å². The van der Waals surface area contributed by atoms with Gasteiger partial charge in [-0.1, -0.05) is 54.6 Å². The highest BCUT2D eigenvalue weighted by Crippen LogP contribution is 2.34. The second kappa shape index (κ2) is 7.08. The van der Waals surface area contributed by atoms with Crippen LogP contribution in [0, 0.1) is 6.92 Å². The van der Waals surface area contributed by atoms with Crippen LogP contribution in [0.15, 0.2) is 60.9 Å². The third-order valence-electron chi connectivity index (χ3n) is 5.64. The highest BCUT2D eigenvalue weighted by atomic mass is 15.4. The van der Waals surface area contributed by atoms with Crippen molar-refractivity contribution >= 4 is 11.6 Å². The molecule has 0 radical (unpaired) electrons. The molecular formula is C23H23N5. The quantitative estimate of drug-likeness (QED) is 0.575. The fourth-order valence-electron chi connectivity index (χ4n) is 4.21. The number of fused-ring (bicyclic) bond motifs is 2. The van der Waals surface area contributed by atoms with Crippen LogP contribution in [-0.4, -0.2) is 19.6 Å². The van der Waals surface area contributed by atoms with Gasteiger partial charge in [-0.3, -0.25) is 0 Å². The van der Waals surface area contributed by atoms with Crippen molar-refractivity contribution in [1.82, 2.24) is 19.6 Å². The molecule has 140 valence electrons. The lowest BCUT2D eigenvalue weighted by molar-refractivity contribution is 0.595. The molecule has 28 heavy (non-hydrogen) atoms. The normalized spacial score (nSPS) is 16.1. The molecule has 2 aromatic carbocycles. The Balaban J connectivity index is 1.60. The summed E-state index contributed by atoms with van der Waals surface area (Å²) >= 11 is 0. The Morgan fingerprint density at radius 1 is 1.07 bits per heavy atom. The minimum atomic E-state index is 0.272. The van der Waals surface area contributed by atoms with Crippen molar-refractivity contribution in [3.05, 3.63) is 88.9 Å². The predicted octanol–water partition coefficient (Wildman–Crippen LogP) is 4.51. The van der Waals surface area contributed by atoms with Gasteiger partial charge in [0, 0.05) is 17.7 Å². The molecular weight excluding hydrogens is 346 g/mol. The number of hydrogen-bond donors (Lipinski definition) is 1. The van der Waals surface area contributed by atoms with Crippen molar-refractivity contribution in [1.29, 1.82) is 0 Å². The van der Waals surface area contributed by atoms with Crippen molar-refractivity contribution in [2.45, 2.75) is 38.6 Å². The zero-order valence-corrected chi connectivity index (χ0v) is 16.0. The smallest absolute Gasteiger partial charge is 0.254 e. The van der Waals surface area contributed by atoms with Gasteiger partial charge >= 0.3 is 0 Å². The summed E-state index contributed by atoms with van der Waals surface area (Å²) in [6.45, 7) is 2.06. The summed E-state index contributed by atoms with van der Waals surface area (Å²) < 4.78 is 1.85. The van der Waals surface area contributed by atoms with Crippen LogP contribution in [0.25, 0.3) is 5.78 Å². The molecule has 1 unspecified atom stereocenters. The Bertz CT molecular complexity index is 1120. The average Bonchev–Trinajstić information content (AvgIpc) is 3.19. The molecule has 1 aliphatic rings. The maximum atomic E-state index is 4.68. The van der Waals surface area contributed by atoms with Crippen LogP contribution in [0.3, 0.4) is 0 Å². The molecule has 5 nitrogen and oxygen atoms in total. The summed E-state index contributed by atoms with van der Waals surface area (Å²) in [4.78, 5) is 9.01. The first-order chi connectivity index (χ1) is 13.8. The van der Waals surface area contributed by atoms with Gasteiger partial charge in [0.15, 0.2) is 0 Å². The zero-order valence-electron chi connectivity index (χ0n) is 16.0. The van der Waals surface area contributed by atoms with E-state index in [9.17, 15) is 0 Å². The molecule has 0 amide bonds. The second-order valence-corrected chi connectivity index (χ2v) is 7.45. The lowest BCUT2D eigenvalue weighted by atomic mass is 9.87. The molecule has 1 N–H and O–H groups in total. The summed E-state index contributed by atoms with van der Waals surface area (Å²) in [7, 11) is 0. The highest BCUT2D eigenvalue weighted by Gasteiger charge is 2.23. The van der Waals surface area contributed by atoms with Gasteiger partial charge in [0.05, 0.1) is 6.04 Å². The lowest BCUT2D eigenvalue weighted by Gasteiger charge is -2.28. The molecule has 0 fully saturated rings. The molecule has 0 saturated heterocycles. The highest BCUT2D eigenvalue weighted by molar-refractivity contribution is 5.56. The third-order valence-corrected chi connectivity index (χ3v) is 5.64. The van der Waals surface area contributed by atoms with Gasteiger partial charge in [-0.05, 0) is 42.9 Å². The van der Waals surface area contributed by atoms with Crippen molar-refractivity contribution in [2.75, 3.05) is 5.32 Å². The lowest BCUT2D eigenvalue weighted by Crippen LogP contribution is -2.21. The van der Waals surface area contributed by atoms with Gasteiger partial charge < -0.3 is 5.32 Å². The molecule has 4 aromatic rings. The zero-order chi connectivity index (χ0) is 18.9. The molecule has 0 aliphatic heterocycles. The Labute approximate surface area is 164 Å². The first-order valence-corrected chi connectivity index (χ1v) is 9.87. The van der Waals surface area contributed by atoms with Crippen LogP contribution in [0.4, 0.5) is 5.82 Å². The van der Waals surface area contributed by atoms with E-state index in [4.69, 9.17) is 0 Å². The second-order valence-electron chi connectivity index (χ2n) is 7.45. The van der Waals surface area contributed by atoms with Crippen LogP contribution in [0.2, 0.25) is 0 Å². The van der Waals surface area contributed by atoms with Crippen LogP contribution >= 0.6 is 0 Å². The van der Waals surface area contributed by atoms with Gasteiger partial charge in [-0.15, -0.1) is 0 Å². The van der Waals surface area contributed by atoms with Gasteiger partial charge in [-0.25, -0.2) is 4.98 Å². The van der Waals surface area contributed by atoms with Crippen LogP contribution in [0.5, 0.6) is 0 Å². The Morgan fingerprint density at radius 2 is 1.89 bits per heavy atom. The topological polar surface area (TPSA) is 55.1 Å². The van der Waals surface area contributed by atoms with E-state index in [0.717, 1.165) is 30.8 Å². The minimum absolute atomic E-state index is 0.272. The van der Waals surface area contributed by atoms with E-state index in [2.05, 4.69) is 75.8 Å². The van der Waals surface area contributed by atoms with E-state index < -0.39 is 0 Å². The molecule has 0 saturated carbocycles. The van der Waals surface area contributed by atoms with E-state index in [0.29, 0.717) is 5.78 Å². The Hall–Kier alpha value is -3.21. The van der Waals surface area contributed by atoms with Gasteiger partial charge in [0.2, 0.25) is 0 Å². The summed E-state index contributed by atoms with van der Waals surface area (Å²) in [5.74, 6) is 1.64. The number of rotatable bonds is 4. The summed E-state index contributed by atoms with van der Waals surface area (Å²) in [6.07, 6.45) is 5.84. The first-order valence-electron chi connectivity index (χ1n) is 9.87. The van der Waals surface area contributed by atoms with Crippen LogP contribution < -0.4 is 5.32 Å². The van der Waals surface area contributed by atoms with E-state index in [1.165, 1.54) is 28.7 Å². The van der Waals surface area contributed by atoms with Crippen molar-refractivity contribution < 1.29 is 0 Å². The summed E-state index contributed by atoms with van der Waals surface area (Å²) in [5.41, 5.74) is 6.26. The molecule has 1 aliphatic carbocycles. The largest absolute Gasteiger partial charge is 0.363 e. The Kier molecular flexibility index (Phi) is 4.28. The first kappa shape index (κ1) is 16.9. The molecule has 0 spiro atoms. The molecule has 5 rings (SSSR count). The molecule has 1 atom stereocenters. The standard InChI is InChI=1S/C23H23N5/c1-16-20(14-17-8-3-2-4-9-17)22(28-23(26-16)24-15-25-28)27-21-13-7-11-18-10-5-6-12-19(18)21/h2-6,8-10,12,15,21,27H,7,11,13-14H2,1H3. The average molecular weight is 369 g/mol. The number of aryl methyl sites for hydroxylation is 2. The van der Waals surface area contributed by atoms with Crippen molar-refractivity contribution in [3.8, 4) is 0 Å². The maximum absolute atomic E-state index is 4.68. The van der Waals surface area contributed by atoms with E-state index in [1.807, 2.05) is 10.6 Å². The van der Waals surface area contributed by atoms with Gasteiger partial charge in [-0.2, -0.15) is 14.6 Å². The van der Waals surface area contributed by atoms with Crippen molar-refractivity contribution in [2.24, 2.45) is 0 Å². The number of aromatic nitrogens is 4.